The van der Waals surface area contributed by atoms with E-state index in [1.54, 1.807) is 0 Å². The van der Waals surface area contributed by atoms with Crippen molar-refractivity contribution in [2.75, 3.05) is 49.1 Å². The molecule has 1 fully saturated rings. The summed E-state index contributed by atoms with van der Waals surface area (Å²) in [5.41, 5.74) is 2.07. The Balaban J connectivity index is 1.63. The van der Waals surface area contributed by atoms with E-state index in [4.69, 9.17) is 4.98 Å². The number of rotatable bonds is 2. The molecule has 0 aliphatic carbocycles. The molecule has 26 heavy (non-hydrogen) atoms. The fourth-order valence-corrected chi connectivity index (χ4v) is 3.77. The zero-order chi connectivity index (χ0) is 17.5. The van der Waals surface area contributed by atoms with Gasteiger partial charge in [-0.15, -0.1) is 0 Å². The highest BCUT2D eigenvalue weighted by molar-refractivity contribution is 6.51. The molecule has 0 bridgehead atoms. The van der Waals surface area contributed by atoms with Gasteiger partial charge in [-0.3, -0.25) is 9.89 Å². The Morgan fingerprint density at radius 3 is 2.62 bits per heavy atom. The van der Waals surface area contributed by atoms with Crippen LogP contribution in [0, 0.1) is 5.21 Å². The molecule has 0 spiro atoms. The summed E-state index contributed by atoms with van der Waals surface area (Å²) < 4.78 is 0.986. The fourth-order valence-electron chi connectivity index (χ4n) is 3.77. The SMILES string of the molecule is [O-][N+]1=C(c2ccccc2)C2=NCCN2c2nc(N3CCNCC3)ccc21. The van der Waals surface area contributed by atoms with Crippen LogP contribution in [0.1, 0.15) is 5.56 Å². The van der Waals surface area contributed by atoms with Crippen molar-refractivity contribution in [1.82, 2.24) is 10.3 Å². The first-order valence-corrected chi connectivity index (χ1v) is 9.01. The van der Waals surface area contributed by atoms with Crippen molar-refractivity contribution in [2.24, 2.45) is 4.99 Å². The number of aliphatic imine (C=N–C) groups is 1. The van der Waals surface area contributed by atoms with Crippen molar-refractivity contribution in [3.05, 3.63) is 53.2 Å². The van der Waals surface area contributed by atoms with Gasteiger partial charge in [0.05, 0.1) is 12.1 Å². The second-order valence-corrected chi connectivity index (χ2v) is 6.62. The first-order chi connectivity index (χ1) is 12.8. The van der Waals surface area contributed by atoms with Crippen LogP contribution in [-0.2, 0) is 0 Å². The average molecular weight is 348 g/mol. The Morgan fingerprint density at radius 2 is 1.81 bits per heavy atom. The number of piperazine rings is 1. The number of pyridine rings is 1. The highest BCUT2D eigenvalue weighted by Gasteiger charge is 2.39. The molecule has 1 aromatic heterocycles. The Bertz CT molecular complexity index is 902. The van der Waals surface area contributed by atoms with Crippen LogP contribution in [0.3, 0.4) is 0 Å². The van der Waals surface area contributed by atoms with Gasteiger partial charge in [0, 0.05) is 38.8 Å². The van der Waals surface area contributed by atoms with E-state index in [1.165, 1.54) is 0 Å². The number of nitrogens with one attached hydrogen (secondary N) is 1. The zero-order valence-corrected chi connectivity index (χ0v) is 14.4. The van der Waals surface area contributed by atoms with Crippen LogP contribution in [-0.4, -0.2) is 60.5 Å². The first-order valence-electron chi connectivity index (χ1n) is 9.01. The number of anilines is 2. The minimum absolute atomic E-state index is 0.587. The molecule has 1 aromatic carbocycles. The summed E-state index contributed by atoms with van der Waals surface area (Å²) >= 11 is 0. The summed E-state index contributed by atoms with van der Waals surface area (Å²) in [7, 11) is 0. The van der Waals surface area contributed by atoms with Gasteiger partial charge in [-0.1, -0.05) is 18.2 Å². The molecule has 3 aliphatic rings. The van der Waals surface area contributed by atoms with E-state index >= 15 is 0 Å². The summed E-state index contributed by atoms with van der Waals surface area (Å²) in [6, 6.07) is 13.6. The number of fused-ring (bicyclic) bond motifs is 3. The Kier molecular flexibility index (Phi) is 3.60. The molecule has 0 saturated carbocycles. The smallest absolute Gasteiger partial charge is 0.267 e. The molecular formula is C19H20N6O. The van der Waals surface area contributed by atoms with Gasteiger partial charge in [0.1, 0.15) is 5.82 Å². The standard InChI is InChI=1S/C19H20N6O/c26-25-15-6-7-16(23-11-8-20-9-12-23)22-18(15)24-13-10-21-19(24)17(25)14-4-2-1-3-5-14/h1-7,20H,8-13H2. The van der Waals surface area contributed by atoms with Crippen molar-refractivity contribution in [1.29, 1.82) is 0 Å². The van der Waals surface area contributed by atoms with Gasteiger partial charge in [-0.05, 0) is 18.2 Å². The third-order valence-electron chi connectivity index (χ3n) is 5.06. The fraction of sp³-hybridized carbons (Fsp3) is 0.316. The monoisotopic (exact) mass is 348 g/mol. The molecule has 7 heteroatoms. The summed E-state index contributed by atoms with van der Waals surface area (Å²) in [6.07, 6.45) is 0. The lowest BCUT2D eigenvalue weighted by atomic mass is 10.1. The van der Waals surface area contributed by atoms with Crippen molar-refractivity contribution in [3.63, 3.8) is 0 Å². The minimum Gasteiger partial charge on any atom is -0.618 e. The maximum absolute atomic E-state index is 13.2. The van der Waals surface area contributed by atoms with E-state index in [0.717, 1.165) is 54.7 Å². The van der Waals surface area contributed by atoms with Gasteiger partial charge in [-0.25, -0.2) is 4.98 Å². The van der Waals surface area contributed by atoms with E-state index in [-0.39, 0.29) is 0 Å². The molecule has 1 N–H and O–H groups in total. The lowest BCUT2D eigenvalue weighted by Gasteiger charge is -2.31. The lowest BCUT2D eigenvalue weighted by Crippen LogP contribution is -2.45. The van der Waals surface area contributed by atoms with Crippen LogP contribution < -0.4 is 15.1 Å². The number of amidine groups is 1. The molecule has 4 heterocycles. The van der Waals surface area contributed by atoms with Gasteiger partial charge in [0.2, 0.25) is 11.7 Å². The van der Waals surface area contributed by atoms with E-state index in [2.05, 4.69) is 20.1 Å². The second kappa shape index (κ2) is 6.10. The third kappa shape index (κ3) is 2.35. The normalized spacial score (nSPS) is 19.3. The average Bonchev–Trinajstić information content (AvgIpc) is 3.19. The predicted octanol–water partition coefficient (Wildman–Crippen LogP) is 1.35. The molecule has 2 aromatic rings. The maximum atomic E-state index is 13.2. The second-order valence-electron chi connectivity index (χ2n) is 6.62. The van der Waals surface area contributed by atoms with E-state index in [9.17, 15) is 5.21 Å². The molecule has 0 atom stereocenters. The predicted molar refractivity (Wildman–Crippen MR) is 103 cm³/mol. The van der Waals surface area contributed by atoms with Crippen molar-refractivity contribution in [2.45, 2.75) is 0 Å². The number of aromatic nitrogens is 1. The van der Waals surface area contributed by atoms with Crippen LogP contribution in [0.2, 0.25) is 0 Å². The molecule has 132 valence electrons. The van der Waals surface area contributed by atoms with E-state index < -0.39 is 0 Å². The van der Waals surface area contributed by atoms with Crippen LogP contribution >= 0.6 is 0 Å². The van der Waals surface area contributed by atoms with Crippen LogP contribution in [0.15, 0.2) is 47.5 Å². The Hall–Kier alpha value is -2.93. The van der Waals surface area contributed by atoms with Crippen LogP contribution in [0.25, 0.3) is 0 Å². The lowest BCUT2D eigenvalue weighted by molar-refractivity contribution is -0.358. The number of hydrogen-bond acceptors (Lipinski definition) is 6. The Labute approximate surface area is 151 Å². The molecule has 5 rings (SSSR count). The van der Waals surface area contributed by atoms with Gasteiger partial charge < -0.3 is 15.4 Å². The molecule has 1 saturated heterocycles. The highest BCUT2D eigenvalue weighted by atomic mass is 16.5. The van der Waals surface area contributed by atoms with Crippen LogP contribution in [0.5, 0.6) is 0 Å². The Morgan fingerprint density at radius 1 is 1.00 bits per heavy atom. The number of hydrogen-bond donors (Lipinski definition) is 1. The molecule has 7 nitrogen and oxygen atoms in total. The van der Waals surface area contributed by atoms with Crippen LogP contribution in [0.4, 0.5) is 17.3 Å². The summed E-state index contributed by atoms with van der Waals surface area (Å²) in [4.78, 5) is 13.8. The van der Waals surface area contributed by atoms with Gasteiger partial charge in [0.25, 0.3) is 11.4 Å². The number of benzene rings is 1. The summed E-state index contributed by atoms with van der Waals surface area (Å²) in [5.74, 6) is 2.36. The van der Waals surface area contributed by atoms with Gasteiger partial charge in [-0.2, -0.15) is 4.74 Å². The first kappa shape index (κ1) is 15.3. The molecule has 0 radical (unpaired) electrons. The summed E-state index contributed by atoms with van der Waals surface area (Å²) in [6.45, 7) is 5.19. The van der Waals surface area contributed by atoms with E-state index in [1.807, 2.05) is 42.5 Å². The van der Waals surface area contributed by atoms with Crippen molar-refractivity contribution in [3.8, 4) is 0 Å². The minimum atomic E-state index is 0.587. The molecular weight excluding hydrogens is 328 g/mol. The third-order valence-corrected chi connectivity index (χ3v) is 5.06. The maximum Gasteiger partial charge on any atom is 0.267 e. The van der Waals surface area contributed by atoms with Gasteiger partial charge in [0.15, 0.2) is 0 Å². The highest BCUT2D eigenvalue weighted by Crippen LogP contribution is 2.35. The van der Waals surface area contributed by atoms with Crippen molar-refractivity contribution < 1.29 is 4.74 Å². The quantitative estimate of drug-likeness (QED) is 0.655. The van der Waals surface area contributed by atoms with Crippen molar-refractivity contribution >= 4 is 28.9 Å². The molecule has 0 amide bonds. The molecule has 0 unspecified atom stereocenters. The molecule has 3 aliphatic heterocycles. The van der Waals surface area contributed by atoms with Gasteiger partial charge >= 0.3 is 0 Å². The largest absolute Gasteiger partial charge is 0.618 e. The summed E-state index contributed by atoms with van der Waals surface area (Å²) in [5, 5.41) is 16.5. The zero-order valence-electron chi connectivity index (χ0n) is 14.4. The number of nitrogens with zero attached hydrogens (tertiary/aromatic N) is 5. The topological polar surface area (TPSA) is 69.8 Å². The van der Waals surface area contributed by atoms with E-state index in [0.29, 0.717) is 23.8 Å².